The Labute approximate surface area is 160 Å². The van der Waals surface area contributed by atoms with Gasteiger partial charge in [0.25, 0.3) is 15.9 Å². The van der Waals surface area contributed by atoms with Crippen LogP contribution in [0.25, 0.3) is 0 Å². The van der Waals surface area contributed by atoms with E-state index in [1.165, 1.54) is 16.4 Å². The molecular weight excluding hydrogens is 370 g/mol. The zero-order valence-electron chi connectivity index (χ0n) is 15.9. The van der Waals surface area contributed by atoms with Crippen LogP contribution in [0.4, 0.5) is 0 Å². The minimum absolute atomic E-state index is 0.0224. The molecule has 1 aromatic rings. The molecule has 8 nitrogen and oxygen atoms in total. The third-order valence-electron chi connectivity index (χ3n) is 5.07. The summed E-state index contributed by atoms with van der Waals surface area (Å²) in [5.74, 6) is -0.309. The van der Waals surface area contributed by atoms with Gasteiger partial charge in [-0.1, -0.05) is 20.3 Å². The molecule has 9 heteroatoms. The van der Waals surface area contributed by atoms with Gasteiger partial charge in [-0.3, -0.25) is 9.59 Å². The Bertz CT molecular complexity index is 788. The number of hydrogen-bond donors (Lipinski definition) is 0. The van der Waals surface area contributed by atoms with E-state index in [-0.39, 0.29) is 28.6 Å². The number of hydrogen-bond acceptors (Lipinski definition) is 5. The molecular formula is C18H27N3O5S. The number of piperazine rings is 1. The van der Waals surface area contributed by atoms with Gasteiger partial charge in [0.2, 0.25) is 11.0 Å². The number of piperidine rings is 1. The van der Waals surface area contributed by atoms with Crippen molar-refractivity contribution in [3.8, 4) is 0 Å². The largest absolute Gasteiger partial charge is 0.438 e. The summed E-state index contributed by atoms with van der Waals surface area (Å²) in [6, 6.07) is 2.78. The quantitative estimate of drug-likeness (QED) is 0.766. The van der Waals surface area contributed by atoms with Gasteiger partial charge in [0.15, 0.2) is 5.76 Å². The first-order valence-corrected chi connectivity index (χ1v) is 10.9. The zero-order valence-corrected chi connectivity index (χ0v) is 16.7. The SMILES string of the molecule is CC(C)C(=O)N1CCN(C(=O)c2ccc(S(=O)(=O)N3CCCCC3)o2)CC1. The molecule has 0 unspecified atom stereocenters. The highest BCUT2D eigenvalue weighted by atomic mass is 32.2. The average Bonchev–Trinajstić information content (AvgIpc) is 3.18. The van der Waals surface area contributed by atoms with Crippen molar-refractivity contribution in [2.45, 2.75) is 38.2 Å². The highest BCUT2D eigenvalue weighted by Gasteiger charge is 2.31. The van der Waals surface area contributed by atoms with Crippen LogP contribution in [-0.2, 0) is 14.8 Å². The Morgan fingerprint density at radius 3 is 2.11 bits per heavy atom. The summed E-state index contributed by atoms with van der Waals surface area (Å²) >= 11 is 0. The maximum atomic E-state index is 12.6. The molecule has 0 spiro atoms. The van der Waals surface area contributed by atoms with E-state index in [4.69, 9.17) is 4.42 Å². The fourth-order valence-electron chi connectivity index (χ4n) is 3.46. The molecule has 3 rings (SSSR count). The molecule has 150 valence electrons. The van der Waals surface area contributed by atoms with Gasteiger partial charge in [-0.05, 0) is 25.0 Å². The molecule has 2 amide bonds. The molecule has 0 radical (unpaired) electrons. The van der Waals surface area contributed by atoms with Crippen molar-refractivity contribution in [1.29, 1.82) is 0 Å². The number of furan rings is 1. The van der Waals surface area contributed by atoms with Gasteiger partial charge in [0, 0.05) is 45.2 Å². The van der Waals surface area contributed by atoms with Gasteiger partial charge in [0.1, 0.15) is 0 Å². The van der Waals surface area contributed by atoms with Gasteiger partial charge >= 0.3 is 0 Å². The second kappa shape index (κ2) is 8.02. The van der Waals surface area contributed by atoms with Gasteiger partial charge in [-0.15, -0.1) is 0 Å². The highest BCUT2D eigenvalue weighted by Crippen LogP contribution is 2.23. The highest BCUT2D eigenvalue weighted by molar-refractivity contribution is 7.89. The van der Waals surface area contributed by atoms with Crippen LogP contribution in [0.3, 0.4) is 0 Å². The maximum absolute atomic E-state index is 12.6. The van der Waals surface area contributed by atoms with Gasteiger partial charge in [-0.25, -0.2) is 8.42 Å². The average molecular weight is 397 g/mol. The fraction of sp³-hybridized carbons (Fsp3) is 0.667. The third-order valence-corrected chi connectivity index (χ3v) is 6.85. The van der Waals surface area contributed by atoms with Gasteiger partial charge in [-0.2, -0.15) is 4.31 Å². The van der Waals surface area contributed by atoms with Crippen LogP contribution >= 0.6 is 0 Å². The second-order valence-electron chi connectivity index (χ2n) is 7.36. The molecule has 0 bridgehead atoms. The predicted molar refractivity (Wildman–Crippen MR) is 98.6 cm³/mol. The van der Waals surface area contributed by atoms with Crippen LogP contribution in [0.15, 0.2) is 21.6 Å². The van der Waals surface area contributed by atoms with E-state index in [1.54, 1.807) is 9.80 Å². The number of amides is 2. The number of sulfonamides is 1. The van der Waals surface area contributed by atoms with Crippen molar-refractivity contribution in [1.82, 2.24) is 14.1 Å². The Balaban J connectivity index is 1.65. The lowest BCUT2D eigenvalue weighted by Gasteiger charge is -2.35. The van der Waals surface area contributed by atoms with Crippen molar-refractivity contribution in [3.05, 3.63) is 17.9 Å². The topological polar surface area (TPSA) is 91.1 Å². The molecule has 3 heterocycles. The summed E-state index contributed by atoms with van der Waals surface area (Å²) in [5, 5.41) is -0.179. The lowest BCUT2D eigenvalue weighted by atomic mass is 10.1. The van der Waals surface area contributed by atoms with Crippen molar-refractivity contribution in [2.75, 3.05) is 39.3 Å². The van der Waals surface area contributed by atoms with E-state index < -0.39 is 10.0 Å². The molecule has 2 fully saturated rings. The molecule has 2 aliphatic rings. The molecule has 0 saturated carbocycles. The lowest BCUT2D eigenvalue weighted by molar-refractivity contribution is -0.135. The number of nitrogens with zero attached hydrogens (tertiary/aromatic N) is 3. The first-order valence-electron chi connectivity index (χ1n) is 9.49. The Hall–Kier alpha value is -1.87. The molecule has 1 aromatic heterocycles. The summed E-state index contributed by atoms with van der Waals surface area (Å²) < 4.78 is 32.1. The third kappa shape index (κ3) is 4.19. The van der Waals surface area contributed by atoms with E-state index in [0.29, 0.717) is 39.3 Å². The molecule has 0 atom stereocenters. The summed E-state index contributed by atoms with van der Waals surface area (Å²) in [5.41, 5.74) is 0. The summed E-state index contributed by atoms with van der Waals surface area (Å²) in [6.45, 7) is 6.44. The van der Waals surface area contributed by atoms with Crippen LogP contribution in [0.5, 0.6) is 0 Å². The van der Waals surface area contributed by atoms with E-state index in [1.807, 2.05) is 13.8 Å². The van der Waals surface area contributed by atoms with Gasteiger partial charge < -0.3 is 14.2 Å². The van der Waals surface area contributed by atoms with E-state index in [0.717, 1.165) is 19.3 Å². The Morgan fingerprint density at radius 2 is 1.52 bits per heavy atom. The monoisotopic (exact) mass is 397 g/mol. The normalized spacial score (nSPS) is 19.5. The first-order chi connectivity index (χ1) is 12.8. The summed E-state index contributed by atoms with van der Waals surface area (Å²) in [4.78, 5) is 28.0. The molecule has 0 N–H and O–H groups in total. The lowest BCUT2D eigenvalue weighted by Crippen LogP contribution is -2.51. The second-order valence-corrected chi connectivity index (χ2v) is 9.22. The van der Waals surface area contributed by atoms with Crippen molar-refractivity contribution in [3.63, 3.8) is 0 Å². The van der Waals surface area contributed by atoms with E-state index in [2.05, 4.69) is 0 Å². The molecule has 27 heavy (non-hydrogen) atoms. The molecule has 0 aliphatic carbocycles. The number of rotatable bonds is 4. The van der Waals surface area contributed by atoms with Crippen LogP contribution in [0.2, 0.25) is 0 Å². The molecule has 2 saturated heterocycles. The van der Waals surface area contributed by atoms with Gasteiger partial charge in [0.05, 0.1) is 0 Å². The van der Waals surface area contributed by atoms with E-state index in [9.17, 15) is 18.0 Å². The number of carbonyl (C=O) groups excluding carboxylic acids is 2. The molecule has 2 aliphatic heterocycles. The van der Waals surface area contributed by atoms with Crippen molar-refractivity contribution in [2.24, 2.45) is 5.92 Å². The van der Waals surface area contributed by atoms with Crippen LogP contribution in [0, 0.1) is 5.92 Å². The van der Waals surface area contributed by atoms with Crippen LogP contribution in [0.1, 0.15) is 43.7 Å². The first kappa shape index (κ1) is 19.9. The minimum Gasteiger partial charge on any atom is -0.438 e. The maximum Gasteiger partial charge on any atom is 0.289 e. The fourth-order valence-corrected chi connectivity index (χ4v) is 4.89. The number of carbonyl (C=O) groups is 2. The summed E-state index contributed by atoms with van der Waals surface area (Å²) in [6.07, 6.45) is 2.70. The van der Waals surface area contributed by atoms with E-state index >= 15 is 0 Å². The minimum atomic E-state index is -3.69. The van der Waals surface area contributed by atoms with Crippen molar-refractivity contribution < 1.29 is 22.4 Å². The predicted octanol–water partition coefficient (Wildman–Crippen LogP) is 1.39. The standard InChI is InChI=1S/C18H27N3O5S/c1-14(2)17(22)19-10-12-20(13-11-19)18(23)15-6-7-16(26-15)27(24,25)21-8-4-3-5-9-21/h6-7,14H,3-5,8-13H2,1-2H3. The van der Waals surface area contributed by atoms with Crippen LogP contribution in [-0.4, -0.2) is 73.6 Å². The molecule has 0 aromatic carbocycles. The van der Waals surface area contributed by atoms with Crippen LogP contribution < -0.4 is 0 Å². The summed E-state index contributed by atoms with van der Waals surface area (Å²) in [7, 11) is -3.69. The Kier molecular flexibility index (Phi) is 5.90. The Morgan fingerprint density at radius 1 is 0.926 bits per heavy atom. The smallest absolute Gasteiger partial charge is 0.289 e. The van der Waals surface area contributed by atoms with Crippen molar-refractivity contribution >= 4 is 21.8 Å². The zero-order chi connectivity index (χ0) is 19.6.